The van der Waals surface area contributed by atoms with Gasteiger partial charge in [0.15, 0.2) is 12.4 Å². The normalized spacial score (nSPS) is 11.0. The lowest BCUT2D eigenvalue weighted by Gasteiger charge is -1.94. The number of aromatic nitrogens is 2. The van der Waals surface area contributed by atoms with E-state index in [2.05, 4.69) is 10.2 Å². The number of nitrogens with zero attached hydrogens (tertiary/aromatic N) is 4. The molecule has 0 aliphatic heterocycles. The Hall–Kier alpha value is -2.76. The third kappa shape index (κ3) is 4.38. The molecule has 122 valence electrons. The summed E-state index contributed by atoms with van der Waals surface area (Å²) in [6.45, 7) is -0.161. The smallest absolute Gasteiger partial charge is 0.333 e. The molecule has 0 unspecified atom stereocenters. The van der Waals surface area contributed by atoms with E-state index >= 15 is 0 Å². The van der Waals surface area contributed by atoms with Crippen LogP contribution in [0.5, 0.6) is 0 Å². The van der Waals surface area contributed by atoms with Gasteiger partial charge in [0.05, 0.1) is 12.4 Å². The average Bonchev–Trinajstić information content (AvgIpc) is 3.02. The van der Waals surface area contributed by atoms with E-state index in [1.807, 2.05) is 60.7 Å². The topological polar surface area (TPSA) is 53.8 Å². The summed E-state index contributed by atoms with van der Waals surface area (Å²) in [5, 5.41) is 18.3. The van der Waals surface area contributed by atoms with Gasteiger partial charge in [0.25, 0.3) is 0 Å². The number of hydrogen-bond donors (Lipinski definition) is 1. The highest BCUT2D eigenvalue weighted by molar-refractivity contribution is 5.79. The van der Waals surface area contributed by atoms with Gasteiger partial charge in [0.1, 0.15) is 6.61 Å². The molecule has 1 heterocycles. The summed E-state index contributed by atoms with van der Waals surface area (Å²) < 4.78 is 3.21. The lowest BCUT2D eigenvalue weighted by Crippen LogP contribution is -3.00. The first-order valence-electron chi connectivity index (χ1n) is 7.28. The summed E-state index contributed by atoms with van der Waals surface area (Å²) in [5.74, 6) is 0.573. The van der Waals surface area contributed by atoms with E-state index in [1.165, 1.54) is 0 Å². The Balaban J connectivity index is 0.00000208. The molecule has 6 heteroatoms. The maximum Gasteiger partial charge on any atom is 0.333 e. The lowest BCUT2D eigenvalue weighted by atomic mass is 10.2. The van der Waals surface area contributed by atoms with Gasteiger partial charge in [0, 0.05) is 0 Å². The van der Waals surface area contributed by atoms with Crippen molar-refractivity contribution in [1.29, 1.82) is 0 Å². The zero-order valence-electron chi connectivity index (χ0n) is 12.9. The van der Waals surface area contributed by atoms with Gasteiger partial charge in [-0.1, -0.05) is 70.9 Å². The number of rotatable bonds is 5. The molecule has 0 saturated carbocycles. The molecule has 1 aromatic heterocycles. The van der Waals surface area contributed by atoms with Gasteiger partial charge in [-0.2, -0.15) is 0 Å². The third-order valence-corrected chi connectivity index (χ3v) is 3.28. The third-order valence-electron chi connectivity index (χ3n) is 3.28. The SMILES string of the molecule is OCc1n(N=Cc2ccccc2)cc[n+]1N=Cc1ccccc1.[Cl-]. The number of aliphatic hydroxyl groups excluding tert-OH is 1. The predicted octanol–water partition coefficient (Wildman–Crippen LogP) is -0.964. The number of benzene rings is 2. The van der Waals surface area contributed by atoms with Crippen molar-refractivity contribution in [3.63, 3.8) is 0 Å². The highest BCUT2D eigenvalue weighted by Crippen LogP contribution is 1.99. The first-order valence-corrected chi connectivity index (χ1v) is 7.28. The van der Waals surface area contributed by atoms with E-state index < -0.39 is 0 Å². The van der Waals surface area contributed by atoms with E-state index in [0.29, 0.717) is 5.82 Å². The van der Waals surface area contributed by atoms with Gasteiger partial charge in [-0.05, 0) is 11.1 Å². The first kappa shape index (κ1) is 17.6. The second-order valence-electron chi connectivity index (χ2n) is 4.87. The minimum absolute atomic E-state index is 0. The number of halogens is 1. The van der Waals surface area contributed by atoms with Crippen molar-refractivity contribution >= 4 is 12.4 Å². The molecule has 1 N–H and O–H groups in total. The zero-order valence-corrected chi connectivity index (χ0v) is 13.7. The fourth-order valence-electron chi connectivity index (χ4n) is 2.09. The molecule has 0 spiro atoms. The van der Waals surface area contributed by atoms with Gasteiger partial charge in [-0.15, -0.1) is 9.35 Å². The number of hydrogen-bond acceptors (Lipinski definition) is 3. The van der Waals surface area contributed by atoms with Crippen molar-refractivity contribution in [2.45, 2.75) is 6.61 Å². The highest BCUT2D eigenvalue weighted by Gasteiger charge is 2.15. The van der Waals surface area contributed by atoms with Crippen LogP contribution >= 0.6 is 0 Å². The molecule has 0 atom stereocenters. The summed E-state index contributed by atoms with van der Waals surface area (Å²) in [4.78, 5) is 0. The quantitative estimate of drug-likeness (QED) is 0.472. The fraction of sp³-hybridized carbons (Fsp3) is 0.0556. The molecule has 0 amide bonds. The molecule has 24 heavy (non-hydrogen) atoms. The highest BCUT2D eigenvalue weighted by atomic mass is 35.5. The van der Waals surface area contributed by atoms with Crippen LogP contribution in [-0.2, 0) is 6.61 Å². The Bertz CT molecular complexity index is 747. The Labute approximate surface area is 146 Å². The van der Waals surface area contributed by atoms with Crippen molar-refractivity contribution in [3.05, 3.63) is 90.0 Å². The Kier molecular flexibility index (Phi) is 6.42. The van der Waals surface area contributed by atoms with E-state index in [-0.39, 0.29) is 19.0 Å². The van der Waals surface area contributed by atoms with Crippen molar-refractivity contribution in [3.8, 4) is 0 Å². The fourth-order valence-corrected chi connectivity index (χ4v) is 2.09. The summed E-state index contributed by atoms with van der Waals surface area (Å²) in [6.07, 6.45) is 7.00. The van der Waals surface area contributed by atoms with E-state index in [1.54, 1.807) is 34.2 Å². The van der Waals surface area contributed by atoms with Crippen LogP contribution in [0.4, 0.5) is 0 Å². The summed E-state index contributed by atoms with van der Waals surface area (Å²) >= 11 is 0. The zero-order chi connectivity index (χ0) is 15.9. The van der Waals surface area contributed by atoms with Crippen LogP contribution in [0, 0.1) is 0 Å². The Morgan fingerprint density at radius 1 is 0.917 bits per heavy atom. The maximum absolute atomic E-state index is 9.59. The first-order chi connectivity index (χ1) is 11.4. The van der Waals surface area contributed by atoms with E-state index in [0.717, 1.165) is 11.1 Å². The summed E-state index contributed by atoms with van der Waals surface area (Å²) in [5.41, 5.74) is 1.98. The molecule has 3 rings (SSSR count). The van der Waals surface area contributed by atoms with Gasteiger partial charge in [0.2, 0.25) is 0 Å². The molecule has 0 aliphatic rings. The lowest BCUT2D eigenvalue weighted by molar-refractivity contribution is -0.687. The van der Waals surface area contributed by atoms with E-state index in [4.69, 9.17) is 0 Å². The largest absolute Gasteiger partial charge is 1.00 e. The Morgan fingerprint density at radius 3 is 2.08 bits per heavy atom. The van der Waals surface area contributed by atoms with Gasteiger partial charge in [-0.25, -0.2) is 0 Å². The molecular weight excluding hydrogens is 324 g/mol. The van der Waals surface area contributed by atoms with Crippen LogP contribution in [-0.4, -0.2) is 22.2 Å². The standard InChI is InChI=1S/C18H17N4O.ClH/c23-15-18-21(19-13-16-7-3-1-4-8-16)11-12-22(18)20-14-17-9-5-2-6-10-17;/h1-14,23H,15H2;1H/q+1;/p-1. The van der Waals surface area contributed by atoms with Crippen LogP contribution in [0.3, 0.4) is 0 Å². The van der Waals surface area contributed by atoms with Gasteiger partial charge >= 0.3 is 5.82 Å². The number of imidazole rings is 1. The van der Waals surface area contributed by atoms with Crippen molar-refractivity contribution in [1.82, 2.24) is 4.68 Å². The van der Waals surface area contributed by atoms with Gasteiger partial charge < -0.3 is 17.5 Å². The number of aliphatic hydroxyl groups is 1. The predicted molar refractivity (Wildman–Crippen MR) is 89.4 cm³/mol. The molecule has 0 bridgehead atoms. The maximum atomic E-state index is 9.59. The molecule has 5 nitrogen and oxygen atoms in total. The molecule has 2 aromatic carbocycles. The monoisotopic (exact) mass is 340 g/mol. The van der Waals surface area contributed by atoms with Crippen molar-refractivity contribution in [2.75, 3.05) is 0 Å². The van der Waals surface area contributed by atoms with Gasteiger partial charge in [-0.3, -0.25) is 0 Å². The average molecular weight is 341 g/mol. The van der Waals surface area contributed by atoms with Crippen LogP contribution in [0.15, 0.2) is 83.3 Å². The second-order valence-corrected chi connectivity index (χ2v) is 4.87. The molecule has 0 saturated heterocycles. The minimum atomic E-state index is -0.161. The Morgan fingerprint density at radius 2 is 1.50 bits per heavy atom. The summed E-state index contributed by atoms with van der Waals surface area (Å²) in [6, 6.07) is 19.6. The van der Waals surface area contributed by atoms with Crippen molar-refractivity contribution < 1.29 is 22.2 Å². The minimum Gasteiger partial charge on any atom is -1.00 e. The van der Waals surface area contributed by atoms with Crippen LogP contribution in [0.1, 0.15) is 17.0 Å². The van der Waals surface area contributed by atoms with Crippen molar-refractivity contribution in [2.24, 2.45) is 10.2 Å². The molecule has 0 aliphatic carbocycles. The van der Waals surface area contributed by atoms with E-state index in [9.17, 15) is 5.11 Å². The second kappa shape index (κ2) is 8.76. The van der Waals surface area contributed by atoms with Crippen LogP contribution in [0.25, 0.3) is 0 Å². The summed E-state index contributed by atoms with van der Waals surface area (Å²) in [7, 11) is 0. The van der Waals surface area contributed by atoms with Crippen LogP contribution < -0.4 is 17.1 Å². The molecular formula is C18H17ClN4O. The van der Waals surface area contributed by atoms with Crippen LogP contribution in [0.2, 0.25) is 0 Å². The molecule has 3 aromatic rings. The molecule has 0 fully saturated rings. The molecule has 0 radical (unpaired) electrons.